The average molecular weight is 147 g/mol. The molecule has 2 rings (SSSR count). The lowest BCUT2D eigenvalue weighted by atomic mass is 10.2. The topological polar surface area (TPSA) is 20.3 Å². The standard InChI is InChI=1S/C9H9NO/c1-2-5-10-8-6-7(8)3-4-9(10)11/h1,3-4,7-8H,5-6H2. The number of carbonyl (C=O) groups excluding carboxylic acids is 1. The number of rotatable bonds is 1. The van der Waals surface area contributed by atoms with E-state index in [1.807, 2.05) is 6.08 Å². The molecule has 0 saturated heterocycles. The van der Waals surface area contributed by atoms with Crippen LogP contribution in [0.15, 0.2) is 12.2 Å². The molecule has 1 saturated carbocycles. The first kappa shape index (κ1) is 6.48. The van der Waals surface area contributed by atoms with E-state index in [0.29, 0.717) is 18.5 Å². The van der Waals surface area contributed by atoms with Gasteiger partial charge in [0.15, 0.2) is 0 Å². The summed E-state index contributed by atoms with van der Waals surface area (Å²) in [5.41, 5.74) is 0. The molecule has 2 unspecified atom stereocenters. The molecular formula is C9H9NO. The van der Waals surface area contributed by atoms with Crippen molar-refractivity contribution in [3.63, 3.8) is 0 Å². The van der Waals surface area contributed by atoms with Gasteiger partial charge >= 0.3 is 0 Å². The summed E-state index contributed by atoms with van der Waals surface area (Å²) in [7, 11) is 0. The average Bonchev–Trinajstić information content (AvgIpc) is 2.74. The van der Waals surface area contributed by atoms with Crippen molar-refractivity contribution in [2.24, 2.45) is 5.92 Å². The van der Waals surface area contributed by atoms with Crippen LogP contribution in [-0.2, 0) is 4.79 Å². The Bertz CT molecular complexity index is 261. The SMILES string of the molecule is C#CCN1C(=O)C=CC2CC21. The molecular weight excluding hydrogens is 138 g/mol. The fourth-order valence-electron chi connectivity index (χ4n) is 1.52. The Balaban J connectivity index is 2.14. The highest BCUT2D eigenvalue weighted by Gasteiger charge is 2.43. The van der Waals surface area contributed by atoms with Crippen LogP contribution in [0.3, 0.4) is 0 Å². The third-order valence-electron chi connectivity index (χ3n) is 2.24. The Morgan fingerprint density at radius 1 is 1.82 bits per heavy atom. The molecule has 1 fully saturated rings. The van der Waals surface area contributed by atoms with E-state index in [2.05, 4.69) is 5.92 Å². The third-order valence-corrected chi connectivity index (χ3v) is 2.24. The molecule has 1 amide bonds. The molecule has 2 heteroatoms. The van der Waals surface area contributed by atoms with Crippen LogP contribution in [0.5, 0.6) is 0 Å². The molecule has 1 heterocycles. The quantitative estimate of drug-likeness (QED) is 0.492. The molecule has 0 aromatic carbocycles. The number of hydrogen-bond donors (Lipinski definition) is 0. The molecule has 0 aromatic heterocycles. The molecule has 56 valence electrons. The Kier molecular flexibility index (Phi) is 1.25. The van der Waals surface area contributed by atoms with Gasteiger partial charge in [0.1, 0.15) is 0 Å². The maximum atomic E-state index is 11.2. The normalized spacial score (nSPS) is 33.0. The molecule has 0 radical (unpaired) electrons. The zero-order valence-electron chi connectivity index (χ0n) is 6.16. The van der Waals surface area contributed by atoms with Gasteiger partial charge in [0.2, 0.25) is 5.91 Å². The van der Waals surface area contributed by atoms with Crippen LogP contribution in [0.1, 0.15) is 6.42 Å². The lowest BCUT2D eigenvalue weighted by molar-refractivity contribution is -0.126. The van der Waals surface area contributed by atoms with E-state index in [-0.39, 0.29) is 5.91 Å². The molecule has 1 aliphatic carbocycles. The zero-order valence-corrected chi connectivity index (χ0v) is 6.16. The van der Waals surface area contributed by atoms with Crippen molar-refractivity contribution in [1.82, 2.24) is 4.90 Å². The highest BCUT2D eigenvalue weighted by Crippen LogP contribution is 2.39. The van der Waals surface area contributed by atoms with Crippen LogP contribution >= 0.6 is 0 Å². The lowest BCUT2D eigenvalue weighted by Gasteiger charge is -2.20. The van der Waals surface area contributed by atoms with Crippen LogP contribution in [-0.4, -0.2) is 23.4 Å². The molecule has 2 nitrogen and oxygen atoms in total. The number of hydrogen-bond acceptors (Lipinski definition) is 1. The van der Waals surface area contributed by atoms with E-state index in [1.165, 1.54) is 0 Å². The summed E-state index contributed by atoms with van der Waals surface area (Å²) in [6.45, 7) is 0.463. The second-order valence-corrected chi connectivity index (χ2v) is 3.00. The molecule has 0 N–H and O–H groups in total. The minimum absolute atomic E-state index is 0.0710. The van der Waals surface area contributed by atoms with Gasteiger partial charge in [-0.15, -0.1) is 6.42 Å². The van der Waals surface area contributed by atoms with Crippen LogP contribution in [0, 0.1) is 18.3 Å². The van der Waals surface area contributed by atoms with Crippen LogP contribution in [0.4, 0.5) is 0 Å². The highest BCUT2D eigenvalue weighted by molar-refractivity contribution is 5.89. The Hall–Kier alpha value is -1.23. The Morgan fingerprint density at radius 2 is 2.64 bits per heavy atom. The van der Waals surface area contributed by atoms with Crippen LogP contribution in [0.25, 0.3) is 0 Å². The van der Waals surface area contributed by atoms with Crippen molar-refractivity contribution in [3.8, 4) is 12.3 Å². The number of fused-ring (bicyclic) bond motifs is 1. The second-order valence-electron chi connectivity index (χ2n) is 3.00. The zero-order chi connectivity index (χ0) is 7.84. The maximum Gasteiger partial charge on any atom is 0.247 e. The highest BCUT2D eigenvalue weighted by atomic mass is 16.2. The molecule has 1 aliphatic heterocycles. The summed E-state index contributed by atoms with van der Waals surface area (Å²) in [5, 5.41) is 0. The Labute approximate surface area is 65.9 Å². The second kappa shape index (κ2) is 2.13. The molecule has 0 aromatic rings. The van der Waals surface area contributed by atoms with E-state index in [0.717, 1.165) is 6.42 Å². The van der Waals surface area contributed by atoms with Gasteiger partial charge in [-0.1, -0.05) is 12.0 Å². The number of carbonyl (C=O) groups is 1. The molecule has 2 atom stereocenters. The van der Waals surface area contributed by atoms with E-state index < -0.39 is 0 Å². The maximum absolute atomic E-state index is 11.2. The first-order valence-electron chi connectivity index (χ1n) is 3.75. The Morgan fingerprint density at radius 3 is 3.36 bits per heavy atom. The van der Waals surface area contributed by atoms with Gasteiger partial charge < -0.3 is 4.90 Å². The summed E-state index contributed by atoms with van der Waals surface area (Å²) < 4.78 is 0. The summed E-state index contributed by atoms with van der Waals surface area (Å²) in [5.74, 6) is 3.17. The fraction of sp³-hybridized carbons (Fsp3) is 0.444. The van der Waals surface area contributed by atoms with Gasteiger partial charge in [0, 0.05) is 6.04 Å². The molecule has 0 bridgehead atoms. The number of amides is 1. The van der Waals surface area contributed by atoms with Gasteiger partial charge in [0.05, 0.1) is 6.54 Å². The van der Waals surface area contributed by atoms with Crippen molar-refractivity contribution in [2.75, 3.05) is 6.54 Å². The molecule has 0 spiro atoms. The minimum atomic E-state index is 0.0710. The van der Waals surface area contributed by atoms with E-state index in [9.17, 15) is 4.79 Å². The van der Waals surface area contributed by atoms with Crippen LogP contribution < -0.4 is 0 Å². The molecule has 11 heavy (non-hydrogen) atoms. The van der Waals surface area contributed by atoms with Crippen LogP contribution in [0.2, 0.25) is 0 Å². The third kappa shape index (κ3) is 0.932. The van der Waals surface area contributed by atoms with Crippen molar-refractivity contribution < 1.29 is 4.79 Å². The smallest absolute Gasteiger partial charge is 0.247 e. The van der Waals surface area contributed by atoms with E-state index in [1.54, 1.807) is 11.0 Å². The summed E-state index contributed by atoms with van der Waals surface area (Å²) in [6, 6.07) is 0.420. The van der Waals surface area contributed by atoms with Gasteiger partial charge in [0.25, 0.3) is 0 Å². The first-order valence-corrected chi connectivity index (χ1v) is 3.75. The monoisotopic (exact) mass is 147 g/mol. The predicted octanol–water partition coefficient (Wildman–Crippen LogP) is 0.407. The number of terminal acetylenes is 1. The van der Waals surface area contributed by atoms with E-state index in [4.69, 9.17) is 6.42 Å². The van der Waals surface area contributed by atoms with Gasteiger partial charge in [-0.3, -0.25) is 4.79 Å². The van der Waals surface area contributed by atoms with Crippen molar-refractivity contribution >= 4 is 5.91 Å². The summed E-state index contributed by atoms with van der Waals surface area (Å²) in [4.78, 5) is 12.9. The largest absolute Gasteiger partial charge is 0.324 e. The van der Waals surface area contributed by atoms with E-state index >= 15 is 0 Å². The van der Waals surface area contributed by atoms with Gasteiger partial charge in [-0.25, -0.2) is 0 Å². The summed E-state index contributed by atoms with van der Waals surface area (Å²) >= 11 is 0. The number of nitrogens with zero attached hydrogens (tertiary/aromatic N) is 1. The lowest BCUT2D eigenvalue weighted by Crippen LogP contribution is -2.34. The first-order chi connectivity index (χ1) is 5.33. The predicted molar refractivity (Wildman–Crippen MR) is 41.6 cm³/mol. The molecule has 2 aliphatic rings. The van der Waals surface area contributed by atoms with Crippen molar-refractivity contribution in [1.29, 1.82) is 0 Å². The van der Waals surface area contributed by atoms with Gasteiger partial charge in [-0.05, 0) is 18.4 Å². The van der Waals surface area contributed by atoms with Gasteiger partial charge in [-0.2, -0.15) is 0 Å². The fourth-order valence-corrected chi connectivity index (χ4v) is 1.52. The van der Waals surface area contributed by atoms with Crippen molar-refractivity contribution in [3.05, 3.63) is 12.2 Å². The summed E-state index contributed by atoms with van der Waals surface area (Å²) in [6.07, 6.45) is 9.85. The van der Waals surface area contributed by atoms with Crippen molar-refractivity contribution in [2.45, 2.75) is 12.5 Å². The minimum Gasteiger partial charge on any atom is -0.324 e.